The molecule has 142 valence electrons. The van der Waals surface area contributed by atoms with Crippen LogP contribution in [0.3, 0.4) is 0 Å². The Morgan fingerprint density at radius 3 is 3.00 bits per heavy atom. The molecule has 1 fully saturated rings. The molecule has 4 rings (SSSR count). The number of aryl methyl sites for hydroxylation is 1. The Bertz CT molecular complexity index is 833. The highest BCUT2D eigenvalue weighted by molar-refractivity contribution is 5.89. The van der Waals surface area contributed by atoms with Gasteiger partial charge in [0, 0.05) is 38.2 Å². The van der Waals surface area contributed by atoms with E-state index in [9.17, 15) is 9.59 Å². The Balaban J connectivity index is 1.38. The Labute approximate surface area is 158 Å². The monoisotopic (exact) mass is 368 g/mol. The van der Waals surface area contributed by atoms with Gasteiger partial charge in [-0.2, -0.15) is 0 Å². The lowest BCUT2D eigenvalue weighted by Crippen LogP contribution is -2.34. The van der Waals surface area contributed by atoms with Gasteiger partial charge in [0.2, 0.25) is 11.8 Å². The smallest absolute Gasteiger partial charge is 0.228 e. The summed E-state index contributed by atoms with van der Waals surface area (Å²) in [4.78, 5) is 32.8. The zero-order valence-corrected chi connectivity index (χ0v) is 15.6. The third-order valence-electron chi connectivity index (χ3n) is 5.44. The topological polar surface area (TPSA) is 79.5 Å². The molecule has 1 aliphatic carbocycles. The van der Waals surface area contributed by atoms with Crippen LogP contribution >= 0.6 is 0 Å². The van der Waals surface area contributed by atoms with Gasteiger partial charge in [-0.05, 0) is 31.4 Å². The minimum Gasteiger partial charge on any atom is -0.361 e. The summed E-state index contributed by atoms with van der Waals surface area (Å²) in [6, 6.07) is 5.64. The number of likely N-dealkylation sites (tertiary alicyclic amines) is 1. The van der Waals surface area contributed by atoms with Crippen molar-refractivity contribution in [1.82, 2.24) is 19.9 Å². The predicted molar refractivity (Wildman–Crippen MR) is 97.4 cm³/mol. The Morgan fingerprint density at radius 2 is 2.19 bits per heavy atom. The van der Waals surface area contributed by atoms with E-state index in [1.54, 1.807) is 23.0 Å². The number of amides is 2. The van der Waals surface area contributed by atoms with Gasteiger partial charge in [-0.25, -0.2) is 0 Å². The number of carbonyl (C=O) groups is 2. The first-order valence-corrected chi connectivity index (χ1v) is 9.51. The molecule has 27 heavy (non-hydrogen) atoms. The molecule has 2 amide bonds. The first kappa shape index (κ1) is 17.7. The molecule has 0 saturated carbocycles. The van der Waals surface area contributed by atoms with E-state index in [2.05, 4.69) is 10.1 Å². The Kier molecular flexibility index (Phi) is 4.92. The number of carbonyl (C=O) groups excluding carboxylic acids is 2. The molecule has 7 heteroatoms. The van der Waals surface area contributed by atoms with Gasteiger partial charge in [0.05, 0.1) is 24.7 Å². The number of fused-ring (bicyclic) bond motifs is 1. The quantitative estimate of drug-likeness (QED) is 0.806. The number of pyridine rings is 1. The summed E-state index contributed by atoms with van der Waals surface area (Å²) >= 11 is 0. The van der Waals surface area contributed by atoms with Crippen LogP contribution in [0.2, 0.25) is 0 Å². The van der Waals surface area contributed by atoms with Gasteiger partial charge in [0.25, 0.3) is 0 Å². The molecular formula is C20H24N4O3. The zero-order chi connectivity index (χ0) is 18.8. The summed E-state index contributed by atoms with van der Waals surface area (Å²) in [5.74, 6) is 0.647. The molecule has 0 aromatic carbocycles. The standard InChI is InChI=1S/C20H24N4O3/c1-23(13-17-16-7-2-3-8-18(16)27-22-17)20(26)14-10-19(25)24(11-14)12-15-6-4-5-9-21-15/h4-6,9,14H,2-3,7-8,10-13H2,1H3/t14-/m0/s1. The number of hydrogen-bond acceptors (Lipinski definition) is 5. The van der Waals surface area contributed by atoms with E-state index in [0.717, 1.165) is 42.8 Å². The fraction of sp³-hybridized carbons (Fsp3) is 0.500. The van der Waals surface area contributed by atoms with Gasteiger partial charge in [-0.15, -0.1) is 0 Å². The molecule has 2 aromatic heterocycles. The van der Waals surface area contributed by atoms with Crippen LogP contribution in [0.5, 0.6) is 0 Å². The minimum absolute atomic E-state index is 0.00576. The third kappa shape index (κ3) is 3.72. The van der Waals surface area contributed by atoms with E-state index >= 15 is 0 Å². The van der Waals surface area contributed by atoms with Crippen molar-refractivity contribution in [3.63, 3.8) is 0 Å². The lowest BCUT2D eigenvalue weighted by atomic mass is 9.96. The average Bonchev–Trinajstić information content (AvgIpc) is 3.26. The molecule has 1 aliphatic heterocycles. The second kappa shape index (κ2) is 7.50. The maximum Gasteiger partial charge on any atom is 0.228 e. The van der Waals surface area contributed by atoms with Crippen LogP contribution in [0, 0.1) is 5.92 Å². The molecule has 2 aromatic rings. The van der Waals surface area contributed by atoms with Crippen molar-refractivity contribution in [2.45, 2.75) is 45.2 Å². The van der Waals surface area contributed by atoms with E-state index < -0.39 is 0 Å². The van der Waals surface area contributed by atoms with Crippen molar-refractivity contribution in [3.8, 4) is 0 Å². The summed E-state index contributed by atoms with van der Waals surface area (Å²) in [5, 5.41) is 4.18. The van der Waals surface area contributed by atoms with Crippen LogP contribution in [0.1, 0.15) is 42.0 Å². The molecule has 7 nitrogen and oxygen atoms in total. The summed E-state index contributed by atoms with van der Waals surface area (Å²) < 4.78 is 5.44. The fourth-order valence-corrected chi connectivity index (χ4v) is 3.97. The van der Waals surface area contributed by atoms with Crippen LogP contribution in [-0.2, 0) is 35.5 Å². The highest BCUT2D eigenvalue weighted by Crippen LogP contribution is 2.26. The third-order valence-corrected chi connectivity index (χ3v) is 5.44. The Morgan fingerprint density at radius 1 is 1.33 bits per heavy atom. The number of rotatable bonds is 5. The second-order valence-electron chi connectivity index (χ2n) is 7.43. The second-order valence-corrected chi connectivity index (χ2v) is 7.43. The van der Waals surface area contributed by atoms with Gasteiger partial charge in [-0.1, -0.05) is 11.2 Å². The van der Waals surface area contributed by atoms with Crippen molar-refractivity contribution in [1.29, 1.82) is 0 Å². The van der Waals surface area contributed by atoms with E-state index in [-0.39, 0.29) is 24.2 Å². The molecule has 1 atom stereocenters. The highest BCUT2D eigenvalue weighted by atomic mass is 16.5. The van der Waals surface area contributed by atoms with Crippen molar-refractivity contribution in [3.05, 3.63) is 47.1 Å². The first-order valence-electron chi connectivity index (χ1n) is 9.51. The molecule has 0 bridgehead atoms. The summed E-state index contributed by atoms with van der Waals surface area (Å²) in [5.41, 5.74) is 2.86. The summed E-state index contributed by atoms with van der Waals surface area (Å²) in [6.07, 6.45) is 6.14. The molecule has 3 heterocycles. The Hall–Kier alpha value is -2.70. The summed E-state index contributed by atoms with van der Waals surface area (Å²) in [7, 11) is 1.78. The van der Waals surface area contributed by atoms with Crippen LogP contribution < -0.4 is 0 Å². The van der Waals surface area contributed by atoms with Gasteiger partial charge in [-0.3, -0.25) is 14.6 Å². The van der Waals surface area contributed by atoms with E-state index in [1.807, 2.05) is 18.2 Å². The predicted octanol–water partition coefficient (Wildman–Crippen LogP) is 1.96. The van der Waals surface area contributed by atoms with E-state index in [1.165, 1.54) is 5.56 Å². The molecular weight excluding hydrogens is 344 g/mol. The van der Waals surface area contributed by atoms with Crippen LogP contribution in [-0.4, -0.2) is 45.3 Å². The first-order chi connectivity index (χ1) is 13.1. The SMILES string of the molecule is CN(Cc1noc2c1CCCC2)C(=O)[C@H]1CC(=O)N(Cc2ccccn2)C1. The number of nitrogens with zero attached hydrogens (tertiary/aromatic N) is 4. The van der Waals surface area contributed by atoms with Crippen LogP contribution in [0.4, 0.5) is 0 Å². The highest BCUT2D eigenvalue weighted by Gasteiger charge is 2.36. The van der Waals surface area contributed by atoms with Crippen molar-refractivity contribution < 1.29 is 14.1 Å². The van der Waals surface area contributed by atoms with E-state index in [4.69, 9.17) is 4.52 Å². The minimum atomic E-state index is -0.311. The summed E-state index contributed by atoms with van der Waals surface area (Å²) in [6.45, 7) is 1.32. The van der Waals surface area contributed by atoms with Crippen molar-refractivity contribution in [2.24, 2.45) is 5.92 Å². The molecule has 2 aliphatic rings. The molecule has 1 saturated heterocycles. The fourth-order valence-electron chi connectivity index (χ4n) is 3.97. The maximum absolute atomic E-state index is 12.9. The largest absolute Gasteiger partial charge is 0.361 e. The normalized spacial score (nSPS) is 19.2. The van der Waals surface area contributed by atoms with Crippen LogP contribution in [0.15, 0.2) is 28.9 Å². The van der Waals surface area contributed by atoms with Gasteiger partial charge in [0.1, 0.15) is 11.5 Å². The van der Waals surface area contributed by atoms with Crippen molar-refractivity contribution >= 4 is 11.8 Å². The van der Waals surface area contributed by atoms with E-state index in [0.29, 0.717) is 19.6 Å². The van der Waals surface area contributed by atoms with Gasteiger partial charge in [0.15, 0.2) is 0 Å². The van der Waals surface area contributed by atoms with Crippen LogP contribution in [0.25, 0.3) is 0 Å². The molecule has 0 spiro atoms. The number of hydrogen-bond donors (Lipinski definition) is 0. The molecule has 0 N–H and O–H groups in total. The lowest BCUT2D eigenvalue weighted by Gasteiger charge is -2.21. The van der Waals surface area contributed by atoms with Gasteiger partial charge < -0.3 is 14.3 Å². The molecule has 0 unspecified atom stereocenters. The zero-order valence-electron chi connectivity index (χ0n) is 15.6. The number of aromatic nitrogens is 2. The molecule has 0 radical (unpaired) electrons. The average molecular weight is 368 g/mol. The van der Waals surface area contributed by atoms with Gasteiger partial charge >= 0.3 is 0 Å². The lowest BCUT2D eigenvalue weighted by molar-refractivity contribution is -0.135. The van der Waals surface area contributed by atoms with Crippen molar-refractivity contribution in [2.75, 3.05) is 13.6 Å². The maximum atomic E-state index is 12.9.